The van der Waals surface area contributed by atoms with E-state index in [2.05, 4.69) is 16.0 Å². The van der Waals surface area contributed by atoms with Crippen LogP contribution in [0.2, 0.25) is 0 Å². The first-order valence-electron chi connectivity index (χ1n) is 12.4. The lowest BCUT2D eigenvalue weighted by molar-refractivity contribution is -0.754. The molecule has 0 unspecified atom stereocenters. The third kappa shape index (κ3) is 3.32. The number of carbonyl (C=O) groups is 2. The van der Waals surface area contributed by atoms with E-state index in [0.717, 1.165) is 54.8 Å². The van der Waals surface area contributed by atoms with Crippen LogP contribution in [0.3, 0.4) is 0 Å². The molecule has 5 heteroatoms. The monoisotopic (exact) mass is 400 g/mol. The molecular formula is C24H38N3O2+. The molecule has 1 atom stereocenters. The zero-order valence-corrected chi connectivity index (χ0v) is 17.9. The third-order valence-electron chi connectivity index (χ3n) is 9.76. The van der Waals surface area contributed by atoms with Crippen LogP contribution in [-0.2, 0) is 4.79 Å². The van der Waals surface area contributed by atoms with Crippen LogP contribution in [0.1, 0.15) is 84.0 Å². The van der Waals surface area contributed by atoms with Crippen LogP contribution >= 0.6 is 0 Å². The Kier molecular flexibility index (Phi) is 4.15. The standard InChI is InChI=1S/C24H37N3O2/c1-14(26-23-8-15-2-16(9-23)4-17(3-15)10-23)21(28)25-22(29)27-24-11-18-5-19(12-24)7-20(6-18)13-24/h14-20,26H,2-13H2,1H3,(H2,25,27,28,29)/p+1/t14-,15?,16?,17?,18?,19?,20?,23?,24?/m0/s1. The van der Waals surface area contributed by atoms with Crippen LogP contribution < -0.4 is 16.0 Å². The van der Waals surface area contributed by atoms with E-state index in [-0.39, 0.29) is 29.1 Å². The summed E-state index contributed by atoms with van der Waals surface area (Å²) in [4.78, 5) is 25.6. The maximum atomic E-state index is 12.9. The highest BCUT2D eigenvalue weighted by molar-refractivity contribution is 5.96. The van der Waals surface area contributed by atoms with Gasteiger partial charge >= 0.3 is 6.03 Å². The molecule has 8 aliphatic rings. The molecule has 0 radical (unpaired) electrons. The Morgan fingerprint density at radius 3 is 1.62 bits per heavy atom. The quantitative estimate of drug-likeness (QED) is 0.679. The molecule has 0 saturated heterocycles. The van der Waals surface area contributed by atoms with Crippen molar-refractivity contribution in [2.75, 3.05) is 0 Å². The summed E-state index contributed by atoms with van der Waals surface area (Å²) in [6.45, 7) is 1.99. The fraction of sp³-hybridized carbons (Fsp3) is 0.917. The predicted molar refractivity (Wildman–Crippen MR) is 110 cm³/mol. The highest BCUT2D eigenvalue weighted by atomic mass is 16.2. The first-order chi connectivity index (χ1) is 13.9. The van der Waals surface area contributed by atoms with Gasteiger partial charge in [0.25, 0.3) is 5.91 Å². The average Bonchev–Trinajstić information content (AvgIpc) is 2.58. The second-order valence-corrected chi connectivity index (χ2v) is 12.4. The Hall–Kier alpha value is -1.10. The Bertz CT molecular complexity index is 646. The van der Waals surface area contributed by atoms with E-state index in [4.69, 9.17) is 0 Å². The topological polar surface area (TPSA) is 74.8 Å². The molecule has 29 heavy (non-hydrogen) atoms. The van der Waals surface area contributed by atoms with Crippen LogP contribution in [0, 0.1) is 35.5 Å². The minimum absolute atomic E-state index is 0.0357. The van der Waals surface area contributed by atoms with Gasteiger partial charge in [0.05, 0.1) is 5.54 Å². The number of hydrogen-bond donors (Lipinski definition) is 3. The molecule has 0 spiro atoms. The summed E-state index contributed by atoms with van der Waals surface area (Å²) < 4.78 is 0. The molecule has 0 heterocycles. The Morgan fingerprint density at radius 1 is 0.759 bits per heavy atom. The van der Waals surface area contributed by atoms with Crippen molar-refractivity contribution in [3.8, 4) is 0 Å². The van der Waals surface area contributed by atoms with Crippen LogP contribution in [0.25, 0.3) is 0 Å². The van der Waals surface area contributed by atoms with Crippen LogP contribution in [0.5, 0.6) is 0 Å². The van der Waals surface area contributed by atoms with Gasteiger partial charge in [0.15, 0.2) is 6.04 Å². The number of nitrogens with two attached hydrogens (primary N) is 1. The van der Waals surface area contributed by atoms with Crippen molar-refractivity contribution in [3.05, 3.63) is 0 Å². The van der Waals surface area contributed by atoms with E-state index in [1.54, 1.807) is 0 Å². The maximum Gasteiger partial charge on any atom is 0.322 e. The molecule has 8 saturated carbocycles. The summed E-state index contributed by atoms with van der Waals surface area (Å²) in [5.74, 6) is 4.91. The summed E-state index contributed by atoms with van der Waals surface area (Å²) in [5, 5.41) is 8.34. The van der Waals surface area contributed by atoms with E-state index >= 15 is 0 Å². The number of imide groups is 1. The van der Waals surface area contributed by atoms with Gasteiger partial charge in [-0.15, -0.1) is 0 Å². The molecule has 4 N–H and O–H groups in total. The smallest absolute Gasteiger partial charge is 0.322 e. The Labute approximate surface area is 174 Å². The zero-order valence-electron chi connectivity index (χ0n) is 17.9. The van der Waals surface area contributed by atoms with Crippen molar-refractivity contribution in [2.24, 2.45) is 35.5 Å². The second-order valence-electron chi connectivity index (χ2n) is 12.4. The molecule has 0 aromatic rings. The van der Waals surface area contributed by atoms with Crippen LogP contribution in [-0.4, -0.2) is 29.1 Å². The van der Waals surface area contributed by atoms with Crippen molar-refractivity contribution in [1.82, 2.24) is 10.6 Å². The maximum absolute atomic E-state index is 12.9. The van der Waals surface area contributed by atoms with Gasteiger partial charge in [-0.2, -0.15) is 0 Å². The van der Waals surface area contributed by atoms with Crippen molar-refractivity contribution in [3.63, 3.8) is 0 Å². The van der Waals surface area contributed by atoms with E-state index in [1.165, 1.54) is 57.8 Å². The van der Waals surface area contributed by atoms with E-state index in [9.17, 15) is 9.59 Å². The number of rotatable bonds is 4. The van der Waals surface area contributed by atoms with Gasteiger partial charge in [0.1, 0.15) is 0 Å². The third-order valence-corrected chi connectivity index (χ3v) is 9.76. The van der Waals surface area contributed by atoms with Crippen LogP contribution in [0.4, 0.5) is 4.79 Å². The van der Waals surface area contributed by atoms with Gasteiger partial charge < -0.3 is 10.6 Å². The van der Waals surface area contributed by atoms with Gasteiger partial charge in [0.2, 0.25) is 0 Å². The summed E-state index contributed by atoms with van der Waals surface area (Å²) in [6.07, 6.45) is 15.5. The lowest BCUT2D eigenvalue weighted by Gasteiger charge is -2.56. The number of urea groups is 1. The SMILES string of the molecule is C[C@H]([NH2+]C12CC3CC(CC(C3)C1)C2)C(=O)NC(=O)NC12CC3CC(CC(C3)C1)C2. The highest BCUT2D eigenvalue weighted by Gasteiger charge is 2.55. The van der Waals surface area contributed by atoms with Crippen molar-refractivity contribution in [1.29, 1.82) is 0 Å². The Balaban J connectivity index is 1.06. The molecule has 0 aliphatic heterocycles. The molecule has 8 aliphatic carbocycles. The normalized spacial score (nSPS) is 49.8. The molecule has 8 rings (SSSR count). The molecule has 0 aromatic carbocycles. The Morgan fingerprint density at radius 2 is 1.17 bits per heavy atom. The molecule has 3 amide bonds. The molecule has 8 bridgehead atoms. The fourth-order valence-corrected chi connectivity index (χ4v) is 9.75. The summed E-state index contributed by atoms with van der Waals surface area (Å²) in [7, 11) is 0. The summed E-state index contributed by atoms with van der Waals surface area (Å²) in [6, 6.07) is -0.434. The van der Waals surface area contributed by atoms with Gasteiger partial charge in [0, 0.05) is 24.8 Å². The van der Waals surface area contributed by atoms with Crippen LogP contribution in [0.15, 0.2) is 0 Å². The number of quaternary nitrogens is 1. The van der Waals surface area contributed by atoms with Crippen molar-refractivity contribution >= 4 is 11.9 Å². The van der Waals surface area contributed by atoms with Gasteiger partial charge in [-0.05, 0) is 100 Å². The van der Waals surface area contributed by atoms with Gasteiger partial charge in [-0.1, -0.05) is 0 Å². The lowest BCUT2D eigenvalue weighted by atomic mass is 9.53. The molecule has 5 nitrogen and oxygen atoms in total. The van der Waals surface area contributed by atoms with Gasteiger partial charge in [-0.3, -0.25) is 10.1 Å². The minimum atomic E-state index is -0.247. The average molecular weight is 401 g/mol. The fourth-order valence-electron chi connectivity index (χ4n) is 9.75. The van der Waals surface area contributed by atoms with Crippen molar-refractivity contribution in [2.45, 2.75) is 101 Å². The molecular weight excluding hydrogens is 362 g/mol. The summed E-state index contributed by atoms with van der Waals surface area (Å²) >= 11 is 0. The predicted octanol–water partition coefficient (Wildman–Crippen LogP) is 2.70. The van der Waals surface area contributed by atoms with Gasteiger partial charge in [-0.25, -0.2) is 4.79 Å². The molecule has 0 aromatic heterocycles. The van der Waals surface area contributed by atoms with E-state index in [0.29, 0.717) is 0 Å². The lowest BCUT2D eigenvalue weighted by Crippen LogP contribution is -3.04. The number of nitrogens with one attached hydrogen (secondary N) is 2. The molecule has 8 fully saturated rings. The number of carbonyl (C=O) groups excluding carboxylic acids is 2. The largest absolute Gasteiger partial charge is 0.332 e. The second kappa shape index (κ2) is 6.45. The highest BCUT2D eigenvalue weighted by Crippen LogP contribution is 2.56. The first kappa shape index (κ1) is 18.7. The molecule has 160 valence electrons. The first-order valence-corrected chi connectivity index (χ1v) is 12.4. The number of amides is 3. The van der Waals surface area contributed by atoms with E-state index in [1.807, 2.05) is 6.92 Å². The zero-order chi connectivity index (χ0) is 19.8. The van der Waals surface area contributed by atoms with E-state index < -0.39 is 0 Å². The van der Waals surface area contributed by atoms with Crippen molar-refractivity contribution < 1.29 is 14.9 Å². The number of hydrogen-bond acceptors (Lipinski definition) is 2. The minimum Gasteiger partial charge on any atom is -0.332 e. The summed E-state index contributed by atoms with van der Waals surface area (Å²) in [5.41, 5.74) is 0.230.